The summed E-state index contributed by atoms with van der Waals surface area (Å²) in [4.78, 5) is 10.7. The largest absolute Gasteiger partial charge is 0.496 e. The molecule has 0 unspecified atom stereocenters. The molecule has 2 rings (SSSR count). The van der Waals surface area contributed by atoms with Crippen LogP contribution in [-0.2, 0) is 4.74 Å². The highest BCUT2D eigenvalue weighted by Gasteiger charge is 2.15. The molecular weight excluding hydrogens is 220 g/mol. The number of methoxy groups -OCH3 is 1. The van der Waals surface area contributed by atoms with Crippen LogP contribution in [0.3, 0.4) is 0 Å². The molecule has 1 aliphatic rings. The second kappa shape index (κ2) is 5.68. The molecule has 1 saturated heterocycles. The lowest BCUT2D eigenvalue weighted by atomic mass is 10.2. The van der Waals surface area contributed by atoms with Crippen molar-refractivity contribution < 1.29 is 19.0 Å². The highest BCUT2D eigenvalue weighted by molar-refractivity contribution is 5.79. The maximum Gasteiger partial charge on any atom is 0.199 e. The molecule has 1 atom stereocenters. The van der Waals surface area contributed by atoms with E-state index in [2.05, 4.69) is 0 Å². The number of rotatable bonds is 4. The van der Waals surface area contributed by atoms with Crippen molar-refractivity contribution in [3.63, 3.8) is 0 Å². The first-order valence-corrected chi connectivity index (χ1v) is 5.75. The van der Waals surface area contributed by atoms with Crippen molar-refractivity contribution in [3.8, 4) is 11.5 Å². The van der Waals surface area contributed by atoms with Crippen molar-refractivity contribution in [2.75, 3.05) is 13.7 Å². The maximum absolute atomic E-state index is 10.7. The standard InChI is InChI=1S/C13H16O4/c1-15-12-8-11(6-5-10(12)9-14)17-13-4-2-3-7-16-13/h5-6,8-9,13H,2-4,7H2,1H3/t13-/m0/s1. The third-order valence-electron chi connectivity index (χ3n) is 2.74. The fraction of sp³-hybridized carbons (Fsp3) is 0.462. The van der Waals surface area contributed by atoms with Crippen molar-refractivity contribution in [2.45, 2.75) is 25.6 Å². The number of hydrogen-bond donors (Lipinski definition) is 0. The summed E-state index contributed by atoms with van der Waals surface area (Å²) in [6.07, 6.45) is 3.69. The van der Waals surface area contributed by atoms with Gasteiger partial charge in [-0.3, -0.25) is 4.79 Å². The van der Waals surface area contributed by atoms with Gasteiger partial charge in [-0.05, 0) is 25.0 Å². The summed E-state index contributed by atoms with van der Waals surface area (Å²) in [6, 6.07) is 5.15. The van der Waals surface area contributed by atoms with Crippen LogP contribution < -0.4 is 9.47 Å². The van der Waals surface area contributed by atoms with Gasteiger partial charge in [-0.25, -0.2) is 0 Å². The summed E-state index contributed by atoms with van der Waals surface area (Å²) >= 11 is 0. The Morgan fingerprint density at radius 2 is 2.29 bits per heavy atom. The fourth-order valence-corrected chi connectivity index (χ4v) is 1.82. The molecule has 0 N–H and O–H groups in total. The van der Waals surface area contributed by atoms with Crippen molar-refractivity contribution in [2.24, 2.45) is 0 Å². The maximum atomic E-state index is 10.7. The van der Waals surface area contributed by atoms with Gasteiger partial charge in [0.25, 0.3) is 0 Å². The Kier molecular flexibility index (Phi) is 3.98. The van der Waals surface area contributed by atoms with E-state index < -0.39 is 0 Å². The van der Waals surface area contributed by atoms with Crippen LogP contribution in [-0.4, -0.2) is 26.3 Å². The summed E-state index contributed by atoms with van der Waals surface area (Å²) in [6.45, 7) is 0.744. The third kappa shape index (κ3) is 2.97. The quantitative estimate of drug-likeness (QED) is 0.753. The van der Waals surface area contributed by atoms with Crippen LogP contribution in [0.25, 0.3) is 0 Å². The molecule has 0 aromatic heterocycles. The lowest BCUT2D eigenvalue weighted by molar-refractivity contribution is -0.105. The molecule has 92 valence electrons. The first-order chi connectivity index (χ1) is 8.33. The van der Waals surface area contributed by atoms with E-state index in [9.17, 15) is 4.79 Å². The zero-order chi connectivity index (χ0) is 12.1. The van der Waals surface area contributed by atoms with E-state index in [0.29, 0.717) is 17.1 Å². The number of ether oxygens (including phenoxy) is 3. The Hall–Kier alpha value is -1.55. The van der Waals surface area contributed by atoms with Crippen molar-refractivity contribution in [3.05, 3.63) is 23.8 Å². The van der Waals surface area contributed by atoms with Gasteiger partial charge < -0.3 is 14.2 Å². The van der Waals surface area contributed by atoms with Crippen LogP contribution in [0, 0.1) is 0 Å². The van der Waals surface area contributed by atoms with E-state index >= 15 is 0 Å². The Morgan fingerprint density at radius 1 is 1.41 bits per heavy atom. The monoisotopic (exact) mass is 236 g/mol. The lowest BCUT2D eigenvalue weighted by Crippen LogP contribution is -2.24. The van der Waals surface area contributed by atoms with Gasteiger partial charge in [-0.1, -0.05) is 0 Å². The topological polar surface area (TPSA) is 44.8 Å². The molecule has 0 aliphatic carbocycles. The predicted octanol–water partition coefficient (Wildman–Crippen LogP) is 2.41. The van der Waals surface area contributed by atoms with Crippen LogP contribution >= 0.6 is 0 Å². The van der Waals surface area contributed by atoms with Crippen LogP contribution in [0.2, 0.25) is 0 Å². The number of aldehydes is 1. The zero-order valence-electron chi connectivity index (χ0n) is 9.85. The number of hydrogen-bond acceptors (Lipinski definition) is 4. The average Bonchev–Trinajstić information content (AvgIpc) is 2.40. The predicted molar refractivity (Wildman–Crippen MR) is 62.6 cm³/mol. The Labute approximate surface area is 100 Å². The third-order valence-corrected chi connectivity index (χ3v) is 2.74. The Bertz CT molecular complexity index is 383. The van der Waals surface area contributed by atoms with Crippen LogP contribution in [0.15, 0.2) is 18.2 Å². The van der Waals surface area contributed by atoms with Gasteiger partial charge in [0, 0.05) is 12.5 Å². The minimum atomic E-state index is -0.185. The average molecular weight is 236 g/mol. The Morgan fingerprint density at radius 3 is 2.94 bits per heavy atom. The second-order valence-corrected chi connectivity index (χ2v) is 3.94. The van der Waals surface area contributed by atoms with E-state index in [1.807, 2.05) is 0 Å². The Balaban J connectivity index is 2.07. The molecule has 0 saturated carbocycles. The van der Waals surface area contributed by atoms with E-state index in [1.54, 1.807) is 18.2 Å². The first-order valence-electron chi connectivity index (χ1n) is 5.75. The molecule has 1 fully saturated rings. The molecule has 4 heteroatoms. The van der Waals surface area contributed by atoms with E-state index in [0.717, 1.165) is 32.2 Å². The molecular formula is C13H16O4. The lowest BCUT2D eigenvalue weighted by Gasteiger charge is -2.23. The molecule has 1 aromatic rings. The molecule has 1 heterocycles. The summed E-state index contributed by atoms with van der Waals surface area (Å²) in [5.41, 5.74) is 0.518. The van der Waals surface area contributed by atoms with Gasteiger partial charge in [-0.2, -0.15) is 0 Å². The molecule has 0 spiro atoms. The number of carbonyl (C=O) groups excluding carboxylic acids is 1. The molecule has 0 radical (unpaired) electrons. The van der Waals surface area contributed by atoms with Gasteiger partial charge in [0.1, 0.15) is 11.5 Å². The van der Waals surface area contributed by atoms with E-state index in [1.165, 1.54) is 7.11 Å². The van der Waals surface area contributed by atoms with Gasteiger partial charge in [-0.15, -0.1) is 0 Å². The van der Waals surface area contributed by atoms with E-state index in [4.69, 9.17) is 14.2 Å². The summed E-state index contributed by atoms with van der Waals surface area (Å²) in [5, 5.41) is 0. The number of benzene rings is 1. The van der Waals surface area contributed by atoms with E-state index in [-0.39, 0.29) is 6.29 Å². The summed E-state index contributed by atoms with van der Waals surface area (Å²) in [5.74, 6) is 1.19. The first kappa shape index (κ1) is 11.9. The highest BCUT2D eigenvalue weighted by atomic mass is 16.7. The van der Waals surface area contributed by atoms with Crippen LogP contribution in [0.5, 0.6) is 11.5 Å². The number of carbonyl (C=O) groups is 1. The van der Waals surface area contributed by atoms with Crippen molar-refractivity contribution in [1.29, 1.82) is 0 Å². The van der Waals surface area contributed by atoms with Crippen molar-refractivity contribution in [1.82, 2.24) is 0 Å². The van der Waals surface area contributed by atoms with Gasteiger partial charge in [0.2, 0.25) is 0 Å². The zero-order valence-corrected chi connectivity index (χ0v) is 9.85. The normalized spacial score (nSPS) is 19.7. The van der Waals surface area contributed by atoms with Gasteiger partial charge in [0.05, 0.1) is 19.3 Å². The molecule has 1 aromatic carbocycles. The van der Waals surface area contributed by atoms with Crippen LogP contribution in [0.4, 0.5) is 0 Å². The van der Waals surface area contributed by atoms with Gasteiger partial charge >= 0.3 is 0 Å². The minimum Gasteiger partial charge on any atom is -0.496 e. The minimum absolute atomic E-state index is 0.185. The van der Waals surface area contributed by atoms with Crippen LogP contribution in [0.1, 0.15) is 29.6 Å². The smallest absolute Gasteiger partial charge is 0.199 e. The SMILES string of the molecule is COc1cc(O[C@H]2CCCCO2)ccc1C=O. The van der Waals surface area contributed by atoms with Gasteiger partial charge in [0.15, 0.2) is 12.6 Å². The highest BCUT2D eigenvalue weighted by Crippen LogP contribution is 2.25. The second-order valence-electron chi connectivity index (χ2n) is 3.94. The molecule has 1 aliphatic heterocycles. The fourth-order valence-electron chi connectivity index (χ4n) is 1.82. The molecule has 17 heavy (non-hydrogen) atoms. The molecule has 0 amide bonds. The molecule has 4 nitrogen and oxygen atoms in total. The summed E-state index contributed by atoms with van der Waals surface area (Å²) in [7, 11) is 1.53. The molecule has 0 bridgehead atoms. The summed E-state index contributed by atoms with van der Waals surface area (Å²) < 4.78 is 16.3. The van der Waals surface area contributed by atoms with Crippen molar-refractivity contribution >= 4 is 6.29 Å².